The molecule has 0 spiro atoms. The Hall–Kier alpha value is -0.800. The Kier molecular flexibility index (Phi) is 5.23. The molecule has 94 valence electrons. The normalized spacial score (nSPS) is 14.9. The van der Waals surface area contributed by atoms with Crippen LogP contribution in [-0.2, 0) is 0 Å². The largest absolute Gasteiger partial charge is 0.405 e. The second kappa shape index (κ2) is 5.51. The number of halogens is 3. The van der Waals surface area contributed by atoms with Gasteiger partial charge in [-0.05, 0) is 20.4 Å². The predicted octanol–water partition coefficient (Wildman–Crippen LogP) is 1.78. The minimum absolute atomic E-state index is 0.109. The quantitative estimate of drug-likeness (QED) is 0.794. The van der Waals surface area contributed by atoms with Gasteiger partial charge in [0.2, 0.25) is 0 Å². The van der Waals surface area contributed by atoms with Crippen LogP contribution in [0.1, 0.15) is 20.8 Å². The van der Waals surface area contributed by atoms with E-state index >= 15 is 0 Å². The molecule has 0 rings (SSSR count). The Labute approximate surface area is 93.5 Å². The number of rotatable bonds is 5. The van der Waals surface area contributed by atoms with Gasteiger partial charge < -0.3 is 5.11 Å². The number of nitriles is 1. The fourth-order valence-electron chi connectivity index (χ4n) is 1.33. The maximum atomic E-state index is 12.3. The molecule has 1 unspecified atom stereocenters. The van der Waals surface area contributed by atoms with E-state index in [1.54, 1.807) is 6.92 Å². The van der Waals surface area contributed by atoms with Gasteiger partial charge in [-0.15, -0.1) is 0 Å². The molecule has 0 saturated heterocycles. The molecule has 16 heavy (non-hydrogen) atoms. The zero-order valence-corrected chi connectivity index (χ0v) is 9.67. The lowest BCUT2D eigenvalue weighted by Gasteiger charge is -2.29. The fourth-order valence-corrected chi connectivity index (χ4v) is 1.33. The van der Waals surface area contributed by atoms with Gasteiger partial charge in [-0.1, -0.05) is 6.92 Å². The summed E-state index contributed by atoms with van der Waals surface area (Å²) in [6, 6.07) is 1.24. The molecule has 6 heteroatoms. The van der Waals surface area contributed by atoms with Gasteiger partial charge in [0.25, 0.3) is 0 Å². The molecule has 0 aliphatic carbocycles. The van der Waals surface area contributed by atoms with Crippen LogP contribution in [0.4, 0.5) is 13.2 Å². The van der Waals surface area contributed by atoms with E-state index in [0.29, 0.717) is 6.54 Å². The zero-order valence-electron chi connectivity index (χ0n) is 9.67. The van der Waals surface area contributed by atoms with E-state index in [2.05, 4.69) is 0 Å². The highest BCUT2D eigenvalue weighted by molar-refractivity contribution is 4.91. The van der Waals surface area contributed by atoms with Gasteiger partial charge in [0, 0.05) is 13.1 Å². The number of likely N-dealkylation sites (N-methyl/N-ethyl adjacent to an activating group) is 1. The molecule has 0 aromatic heterocycles. The molecule has 0 aliphatic heterocycles. The third-order valence-corrected chi connectivity index (χ3v) is 2.05. The number of alkyl halides is 3. The van der Waals surface area contributed by atoms with Crippen molar-refractivity contribution in [3.63, 3.8) is 0 Å². The van der Waals surface area contributed by atoms with Gasteiger partial charge in [-0.25, -0.2) is 0 Å². The lowest BCUT2D eigenvalue weighted by Crippen LogP contribution is -2.43. The number of hydrogen-bond acceptors (Lipinski definition) is 3. The maximum Gasteiger partial charge on any atom is 0.405 e. The Morgan fingerprint density at radius 3 is 2.12 bits per heavy atom. The molecule has 0 radical (unpaired) electrons. The van der Waals surface area contributed by atoms with E-state index in [1.807, 2.05) is 0 Å². The molecule has 1 N–H and O–H groups in total. The van der Waals surface area contributed by atoms with Gasteiger partial charge in [0.15, 0.2) is 5.92 Å². The molecule has 0 heterocycles. The van der Waals surface area contributed by atoms with Crippen LogP contribution in [0.25, 0.3) is 0 Å². The Bertz CT molecular complexity index is 252. The van der Waals surface area contributed by atoms with Crippen LogP contribution >= 0.6 is 0 Å². The average molecular weight is 238 g/mol. The standard InChI is InChI=1S/C10H17F3N2O/c1-4-15(7-9(2,3)16)6-8(5-14)10(11,12)13/h8,16H,4,6-7H2,1-3H3. The molecule has 0 aromatic carbocycles. The lowest BCUT2D eigenvalue weighted by atomic mass is 10.1. The first-order valence-corrected chi connectivity index (χ1v) is 5.01. The molecule has 3 nitrogen and oxygen atoms in total. The molecule has 1 atom stereocenters. The minimum atomic E-state index is -4.51. The molecule has 0 aromatic rings. The highest BCUT2D eigenvalue weighted by atomic mass is 19.4. The highest BCUT2D eigenvalue weighted by Gasteiger charge is 2.41. The third kappa shape index (κ3) is 5.93. The smallest absolute Gasteiger partial charge is 0.389 e. The molecule has 0 bridgehead atoms. The SMILES string of the molecule is CCN(CC(C#N)C(F)(F)F)CC(C)(C)O. The molecule has 0 saturated carbocycles. The number of nitrogens with zero attached hydrogens (tertiary/aromatic N) is 2. The maximum absolute atomic E-state index is 12.3. The summed E-state index contributed by atoms with van der Waals surface area (Å²) in [6.07, 6.45) is -4.51. The fraction of sp³-hybridized carbons (Fsp3) is 0.900. The summed E-state index contributed by atoms with van der Waals surface area (Å²) in [5, 5.41) is 17.9. The van der Waals surface area contributed by atoms with Gasteiger partial charge in [0.1, 0.15) is 0 Å². The topological polar surface area (TPSA) is 47.3 Å². The second-order valence-electron chi connectivity index (χ2n) is 4.36. The zero-order chi connectivity index (χ0) is 13.0. The van der Waals surface area contributed by atoms with Crippen molar-refractivity contribution in [2.45, 2.75) is 32.5 Å². The monoisotopic (exact) mass is 238 g/mol. The predicted molar refractivity (Wildman–Crippen MR) is 53.6 cm³/mol. The summed E-state index contributed by atoms with van der Waals surface area (Å²) in [6.45, 7) is 4.79. The van der Waals surface area contributed by atoms with Gasteiger partial charge in [-0.3, -0.25) is 4.90 Å². The van der Waals surface area contributed by atoms with Crippen molar-refractivity contribution in [2.24, 2.45) is 5.92 Å². The summed E-state index contributed by atoms with van der Waals surface area (Å²) >= 11 is 0. The summed E-state index contributed by atoms with van der Waals surface area (Å²) in [4.78, 5) is 1.42. The summed E-state index contributed by atoms with van der Waals surface area (Å²) < 4.78 is 37.0. The van der Waals surface area contributed by atoms with E-state index in [1.165, 1.54) is 24.8 Å². The van der Waals surface area contributed by atoms with E-state index in [4.69, 9.17) is 5.26 Å². The van der Waals surface area contributed by atoms with Crippen molar-refractivity contribution in [1.82, 2.24) is 4.90 Å². The Balaban J connectivity index is 4.48. The molecular weight excluding hydrogens is 221 g/mol. The van der Waals surface area contributed by atoms with E-state index < -0.39 is 24.2 Å². The molecule has 0 fully saturated rings. The summed E-state index contributed by atoms with van der Waals surface area (Å²) in [5.74, 6) is -2.00. The van der Waals surface area contributed by atoms with Crippen LogP contribution in [0.5, 0.6) is 0 Å². The number of hydrogen-bond donors (Lipinski definition) is 1. The second-order valence-corrected chi connectivity index (χ2v) is 4.36. The van der Waals surface area contributed by atoms with Crippen LogP contribution < -0.4 is 0 Å². The van der Waals surface area contributed by atoms with Crippen molar-refractivity contribution in [2.75, 3.05) is 19.6 Å². The van der Waals surface area contributed by atoms with E-state index in [-0.39, 0.29) is 6.54 Å². The first-order chi connectivity index (χ1) is 7.10. The summed E-state index contributed by atoms with van der Waals surface area (Å²) in [7, 11) is 0. The van der Waals surface area contributed by atoms with Crippen LogP contribution in [-0.4, -0.2) is 41.4 Å². The van der Waals surface area contributed by atoms with Crippen molar-refractivity contribution < 1.29 is 18.3 Å². The van der Waals surface area contributed by atoms with Crippen molar-refractivity contribution in [3.8, 4) is 6.07 Å². The minimum Gasteiger partial charge on any atom is -0.389 e. The molecular formula is C10H17F3N2O. The Morgan fingerprint density at radius 2 is 1.88 bits per heavy atom. The van der Waals surface area contributed by atoms with Crippen LogP contribution in [0.2, 0.25) is 0 Å². The van der Waals surface area contributed by atoms with Crippen LogP contribution in [0.15, 0.2) is 0 Å². The van der Waals surface area contributed by atoms with Crippen molar-refractivity contribution >= 4 is 0 Å². The average Bonchev–Trinajstić information content (AvgIpc) is 2.07. The number of aliphatic hydroxyl groups is 1. The van der Waals surface area contributed by atoms with Gasteiger partial charge >= 0.3 is 6.18 Å². The summed E-state index contributed by atoms with van der Waals surface area (Å²) in [5.41, 5.74) is -1.07. The van der Waals surface area contributed by atoms with Gasteiger partial charge in [0.05, 0.1) is 11.7 Å². The van der Waals surface area contributed by atoms with Crippen LogP contribution in [0.3, 0.4) is 0 Å². The highest BCUT2D eigenvalue weighted by Crippen LogP contribution is 2.26. The van der Waals surface area contributed by atoms with Crippen molar-refractivity contribution in [1.29, 1.82) is 5.26 Å². The van der Waals surface area contributed by atoms with Gasteiger partial charge in [-0.2, -0.15) is 18.4 Å². The van der Waals surface area contributed by atoms with E-state index in [0.717, 1.165) is 0 Å². The van der Waals surface area contributed by atoms with Crippen LogP contribution in [0, 0.1) is 17.2 Å². The first-order valence-electron chi connectivity index (χ1n) is 5.01. The third-order valence-electron chi connectivity index (χ3n) is 2.05. The lowest BCUT2D eigenvalue weighted by molar-refractivity contribution is -0.164. The molecule has 0 amide bonds. The Morgan fingerprint density at radius 1 is 1.38 bits per heavy atom. The first kappa shape index (κ1) is 15.2. The molecule has 0 aliphatic rings. The van der Waals surface area contributed by atoms with Crippen molar-refractivity contribution in [3.05, 3.63) is 0 Å². The van der Waals surface area contributed by atoms with E-state index in [9.17, 15) is 18.3 Å².